The van der Waals surface area contributed by atoms with Crippen molar-refractivity contribution in [3.63, 3.8) is 0 Å². The predicted octanol–water partition coefficient (Wildman–Crippen LogP) is 3.97. The Kier molecular flexibility index (Phi) is 7.80. The lowest BCUT2D eigenvalue weighted by Crippen LogP contribution is -2.50. The molecule has 1 aliphatic rings. The van der Waals surface area contributed by atoms with E-state index in [0.717, 1.165) is 12.1 Å². The number of amides is 1. The zero-order valence-electron chi connectivity index (χ0n) is 17.3. The van der Waals surface area contributed by atoms with Crippen molar-refractivity contribution < 1.29 is 31.1 Å². The Balaban J connectivity index is 1.61. The smallest absolute Gasteiger partial charge is 0.417 e. The summed E-state index contributed by atoms with van der Waals surface area (Å²) in [7, 11) is -2.51. The molecule has 180 valence electrons. The van der Waals surface area contributed by atoms with Crippen LogP contribution in [0.25, 0.3) is 0 Å². The first-order valence-corrected chi connectivity index (χ1v) is 11.8. The van der Waals surface area contributed by atoms with Crippen LogP contribution in [0.1, 0.15) is 5.56 Å². The highest BCUT2D eigenvalue weighted by atomic mass is 35.5. The van der Waals surface area contributed by atoms with Gasteiger partial charge in [-0.25, -0.2) is 8.42 Å². The number of hydrogen-bond acceptors (Lipinski definition) is 5. The van der Waals surface area contributed by atoms with Gasteiger partial charge < -0.3 is 10.1 Å². The summed E-state index contributed by atoms with van der Waals surface area (Å²) in [6, 6.07) is 7.41. The second-order valence-corrected chi connectivity index (χ2v) is 9.97. The Morgan fingerprint density at radius 2 is 1.76 bits per heavy atom. The second kappa shape index (κ2) is 10.1. The zero-order chi connectivity index (χ0) is 24.4. The SMILES string of the molecule is COc1ccc(Cl)cc1S(=O)(=O)N1CCN(CC(=O)Nc2ccc(Cl)c(C(F)(F)F)c2)CC1. The van der Waals surface area contributed by atoms with E-state index in [9.17, 15) is 26.4 Å². The summed E-state index contributed by atoms with van der Waals surface area (Å²) in [6.45, 7) is 0.626. The van der Waals surface area contributed by atoms with Gasteiger partial charge in [0.1, 0.15) is 10.6 Å². The van der Waals surface area contributed by atoms with Crippen molar-refractivity contribution in [2.75, 3.05) is 45.2 Å². The van der Waals surface area contributed by atoms with Crippen LogP contribution in [0, 0.1) is 0 Å². The lowest BCUT2D eigenvalue weighted by atomic mass is 10.2. The highest BCUT2D eigenvalue weighted by Gasteiger charge is 2.34. The quantitative estimate of drug-likeness (QED) is 0.617. The molecule has 0 aromatic heterocycles. The highest BCUT2D eigenvalue weighted by Crippen LogP contribution is 2.36. The van der Waals surface area contributed by atoms with Gasteiger partial charge in [-0.1, -0.05) is 23.2 Å². The van der Waals surface area contributed by atoms with Crippen molar-refractivity contribution in [3.05, 3.63) is 52.0 Å². The molecule has 1 fully saturated rings. The third-order valence-electron chi connectivity index (χ3n) is 5.00. The van der Waals surface area contributed by atoms with E-state index < -0.39 is 32.7 Å². The number of rotatable bonds is 6. The molecule has 13 heteroatoms. The van der Waals surface area contributed by atoms with E-state index in [0.29, 0.717) is 0 Å². The molecule has 0 atom stereocenters. The Hall–Kier alpha value is -2.05. The maximum atomic E-state index is 13.0. The Morgan fingerprint density at radius 1 is 1.09 bits per heavy atom. The summed E-state index contributed by atoms with van der Waals surface area (Å²) < 4.78 is 71.4. The number of sulfonamides is 1. The van der Waals surface area contributed by atoms with Crippen molar-refractivity contribution in [3.8, 4) is 5.75 Å². The van der Waals surface area contributed by atoms with Gasteiger partial charge >= 0.3 is 6.18 Å². The van der Waals surface area contributed by atoms with E-state index >= 15 is 0 Å². The van der Waals surface area contributed by atoms with E-state index in [1.165, 1.54) is 35.7 Å². The Morgan fingerprint density at radius 3 is 2.36 bits per heavy atom. The molecule has 7 nitrogen and oxygen atoms in total. The molecule has 33 heavy (non-hydrogen) atoms. The number of carbonyl (C=O) groups is 1. The van der Waals surface area contributed by atoms with Gasteiger partial charge in [-0.15, -0.1) is 0 Å². The summed E-state index contributed by atoms with van der Waals surface area (Å²) >= 11 is 11.5. The molecule has 0 saturated carbocycles. The summed E-state index contributed by atoms with van der Waals surface area (Å²) in [5, 5.41) is 2.20. The first-order chi connectivity index (χ1) is 15.4. The largest absolute Gasteiger partial charge is 0.495 e. The minimum atomic E-state index is -4.65. The fourth-order valence-corrected chi connectivity index (χ4v) is 5.41. The van der Waals surface area contributed by atoms with Crippen LogP contribution in [0.4, 0.5) is 18.9 Å². The number of ether oxygens (including phenoxy) is 1. The van der Waals surface area contributed by atoms with Crippen LogP contribution in [0.15, 0.2) is 41.3 Å². The number of hydrogen-bond donors (Lipinski definition) is 1. The van der Waals surface area contributed by atoms with Gasteiger partial charge in [0.2, 0.25) is 15.9 Å². The van der Waals surface area contributed by atoms with Crippen LogP contribution in [-0.2, 0) is 21.0 Å². The molecule has 0 bridgehead atoms. The summed E-state index contributed by atoms with van der Waals surface area (Å²) in [5.41, 5.74) is -1.08. The van der Waals surface area contributed by atoms with Gasteiger partial charge in [0.05, 0.1) is 24.2 Å². The van der Waals surface area contributed by atoms with Gasteiger partial charge in [0, 0.05) is 36.9 Å². The van der Waals surface area contributed by atoms with Crippen LogP contribution >= 0.6 is 23.2 Å². The summed E-state index contributed by atoms with van der Waals surface area (Å²) in [4.78, 5) is 14.0. The molecular formula is C20H20Cl2F3N3O4S. The molecule has 3 rings (SSSR count). The topological polar surface area (TPSA) is 79.0 Å². The molecule has 0 spiro atoms. The zero-order valence-corrected chi connectivity index (χ0v) is 19.7. The van der Waals surface area contributed by atoms with Crippen molar-refractivity contribution >= 4 is 44.8 Å². The van der Waals surface area contributed by atoms with Gasteiger partial charge in [0.25, 0.3) is 0 Å². The molecule has 0 unspecified atom stereocenters. The number of piperazine rings is 1. The fourth-order valence-electron chi connectivity index (χ4n) is 3.34. The van der Waals surface area contributed by atoms with Crippen LogP contribution in [-0.4, -0.2) is 63.4 Å². The van der Waals surface area contributed by atoms with Gasteiger partial charge in [-0.3, -0.25) is 9.69 Å². The van der Waals surface area contributed by atoms with Crippen molar-refractivity contribution in [2.45, 2.75) is 11.1 Å². The van der Waals surface area contributed by atoms with Crippen LogP contribution in [0.5, 0.6) is 5.75 Å². The number of nitrogens with zero attached hydrogens (tertiary/aromatic N) is 2. The number of anilines is 1. The van der Waals surface area contributed by atoms with Crippen molar-refractivity contribution in [1.82, 2.24) is 9.21 Å². The van der Waals surface area contributed by atoms with E-state index in [1.54, 1.807) is 4.90 Å². The summed E-state index contributed by atoms with van der Waals surface area (Å²) in [5.74, 6) is -0.360. The molecule has 0 radical (unpaired) electrons. The van der Waals surface area contributed by atoms with E-state index in [2.05, 4.69) is 5.32 Å². The normalized spacial score (nSPS) is 15.9. The number of nitrogens with one attached hydrogen (secondary N) is 1. The molecule has 2 aromatic carbocycles. The molecule has 2 aromatic rings. The molecule has 1 aliphatic heterocycles. The molecule has 1 amide bonds. The molecular weight excluding hydrogens is 506 g/mol. The Labute approximate surface area is 199 Å². The minimum absolute atomic E-state index is 0.0361. The molecule has 1 N–H and O–H groups in total. The number of benzene rings is 2. The van der Waals surface area contributed by atoms with Crippen molar-refractivity contribution in [1.29, 1.82) is 0 Å². The molecule has 1 heterocycles. The van der Waals surface area contributed by atoms with Crippen LogP contribution < -0.4 is 10.1 Å². The lowest BCUT2D eigenvalue weighted by Gasteiger charge is -2.33. The minimum Gasteiger partial charge on any atom is -0.495 e. The number of carbonyl (C=O) groups excluding carboxylic acids is 1. The van der Waals surface area contributed by atoms with Crippen LogP contribution in [0.2, 0.25) is 10.0 Å². The number of halogens is 5. The maximum absolute atomic E-state index is 13.0. The fraction of sp³-hybridized carbons (Fsp3) is 0.350. The van der Waals surface area contributed by atoms with E-state index in [1.807, 2.05) is 0 Å². The number of methoxy groups -OCH3 is 1. The standard InChI is InChI=1S/C20H20Cl2F3N3O4S/c1-32-17-5-2-13(21)10-18(17)33(30,31)28-8-6-27(7-9-28)12-19(29)26-14-3-4-16(22)15(11-14)20(23,24)25/h2-5,10-11H,6-9,12H2,1H3,(H,26,29). The predicted molar refractivity (Wildman–Crippen MR) is 118 cm³/mol. The average Bonchev–Trinajstić information content (AvgIpc) is 2.74. The third kappa shape index (κ3) is 6.10. The van der Waals surface area contributed by atoms with E-state index in [4.69, 9.17) is 27.9 Å². The van der Waals surface area contributed by atoms with Crippen LogP contribution in [0.3, 0.4) is 0 Å². The van der Waals surface area contributed by atoms with Gasteiger partial charge in [0.15, 0.2) is 0 Å². The first kappa shape index (κ1) is 25.6. The molecule has 0 aliphatic carbocycles. The monoisotopic (exact) mass is 525 g/mol. The second-order valence-electron chi connectivity index (χ2n) is 7.22. The van der Waals surface area contributed by atoms with E-state index in [-0.39, 0.29) is 54.1 Å². The van der Waals surface area contributed by atoms with Gasteiger partial charge in [-0.2, -0.15) is 17.5 Å². The average molecular weight is 526 g/mol. The summed E-state index contributed by atoms with van der Waals surface area (Å²) in [6.07, 6.45) is -4.65. The van der Waals surface area contributed by atoms with Crippen molar-refractivity contribution in [2.24, 2.45) is 0 Å². The lowest BCUT2D eigenvalue weighted by molar-refractivity contribution is -0.137. The number of alkyl halides is 3. The Bertz CT molecular complexity index is 1140. The first-order valence-electron chi connectivity index (χ1n) is 9.64. The third-order valence-corrected chi connectivity index (χ3v) is 7.48. The highest BCUT2D eigenvalue weighted by molar-refractivity contribution is 7.89. The molecule has 1 saturated heterocycles. The van der Waals surface area contributed by atoms with Gasteiger partial charge in [-0.05, 0) is 36.4 Å². The maximum Gasteiger partial charge on any atom is 0.417 e.